The van der Waals surface area contributed by atoms with Crippen molar-refractivity contribution >= 4 is 11.9 Å². The third-order valence-corrected chi connectivity index (χ3v) is 7.66. The van der Waals surface area contributed by atoms with E-state index in [-0.39, 0.29) is 29.9 Å². The van der Waals surface area contributed by atoms with Crippen LogP contribution in [0.25, 0.3) is 0 Å². The molecule has 180 valence electrons. The average molecular weight is 464 g/mol. The molecule has 0 aromatic heterocycles. The monoisotopic (exact) mass is 463 g/mol. The van der Waals surface area contributed by atoms with Crippen LogP contribution in [-0.2, 0) is 17.6 Å². The van der Waals surface area contributed by atoms with Gasteiger partial charge in [-0.15, -0.1) is 0 Å². The van der Waals surface area contributed by atoms with E-state index in [1.54, 1.807) is 14.2 Å². The summed E-state index contributed by atoms with van der Waals surface area (Å²) in [5, 5.41) is 3.10. The van der Waals surface area contributed by atoms with E-state index in [0.29, 0.717) is 19.6 Å². The molecule has 3 aliphatic heterocycles. The van der Waals surface area contributed by atoms with E-state index in [4.69, 9.17) is 9.47 Å². The summed E-state index contributed by atoms with van der Waals surface area (Å²) in [4.78, 5) is 30.8. The van der Waals surface area contributed by atoms with Crippen LogP contribution in [0.15, 0.2) is 42.5 Å². The van der Waals surface area contributed by atoms with Crippen LogP contribution in [-0.4, -0.2) is 61.6 Å². The lowest BCUT2D eigenvalue weighted by Gasteiger charge is -2.51. The number of urea groups is 1. The van der Waals surface area contributed by atoms with Gasteiger partial charge in [0.2, 0.25) is 5.91 Å². The van der Waals surface area contributed by atoms with Gasteiger partial charge in [-0.05, 0) is 49.8 Å². The summed E-state index contributed by atoms with van der Waals surface area (Å²) in [5.41, 5.74) is 3.35. The molecular weight excluding hydrogens is 430 g/mol. The summed E-state index contributed by atoms with van der Waals surface area (Å²) >= 11 is 0. The number of nitrogens with one attached hydrogen (secondary N) is 1. The van der Waals surface area contributed by atoms with Crippen LogP contribution < -0.4 is 14.8 Å². The van der Waals surface area contributed by atoms with E-state index < -0.39 is 0 Å². The zero-order valence-corrected chi connectivity index (χ0v) is 20.0. The average Bonchev–Trinajstić information content (AvgIpc) is 2.88. The molecule has 0 bridgehead atoms. The topological polar surface area (TPSA) is 71.1 Å². The van der Waals surface area contributed by atoms with Crippen LogP contribution in [0.2, 0.25) is 0 Å². The fourth-order valence-electron chi connectivity index (χ4n) is 6.06. The van der Waals surface area contributed by atoms with E-state index >= 15 is 0 Å². The van der Waals surface area contributed by atoms with E-state index in [1.807, 2.05) is 40.1 Å². The number of benzene rings is 2. The third-order valence-electron chi connectivity index (χ3n) is 7.66. The highest BCUT2D eigenvalue weighted by Gasteiger charge is 2.49. The molecule has 2 fully saturated rings. The van der Waals surface area contributed by atoms with Gasteiger partial charge in [-0.3, -0.25) is 4.79 Å². The molecule has 0 aliphatic carbocycles. The molecule has 7 heteroatoms. The molecule has 0 unspecified atom stereocenters. The molecule has 2 saturated heterocycles. The van der Waals surface area contributed by atoms with Crippen molar-refractivity contribution in [3.05, 3.63) is 59.2 Å². The van der Waals surface area contributed by atoms with Crippen molar-refractivity contribution in [2.45, 2.75) is 44.2 Å². The molecule has 3 atom stereocenters. The summed E-state index contributed by atoms with van der Waals surface area (Å²) in [6.45, 7) is 1.93. The van der Waals surface area contributed by atoms with Crippen LogP contribution in [0.4, 0.5) is 4.79 Å². The number of ether oxygens (including phenoxy) is 2. The van der Waals surface area contributed by atoms with Crippen molar-refractivity contribution in [2.24, 2.45) is 5.92 Å². The summed E-state index contributed by atoms with van der Waals surface area (Å²) < 4.78 is 11.3. The Labute approximate surface area is 201 Å². The van der Waals surface area contributed by atoms with E-state index in [0.717, 1.165) is 54.7 Å². The highest BCUT2D eigenvalue weighted by molar-refractivity contribution is 5.84. The minimum absolute atomic E-state index is 0.0690. The van der Waals surface area contributed by atoms with Crippen molar-refractivity contribution in [1.82, 2.24) is 15.1 Å². The van der Waals surface area contributed by atoms with Gasteiger partial charge in [0, 0.05) is 36.8 Å². The smallest absolute Gasteiger partial charge is 0.317 e. The Hall–Kier alpha value is -3.22. The predicted octanol–water partition coefficient (Wildman–Crippen LogP) is 3.57. The van der Waals surface area contributed by atoms with Crippen LogP contribution in [0, 0.1) is 5.92 Å². The van der Waals surface area contributed by atoms with Crippen LogP contribution >= 0.6 is 0 Å². The Morgan fingerprint density at radius 2 is 1.82 bits per heavy atom. The van der Waals surface area contributed by atoms with Crippen molar-refractivity contribution in [3.8, 4) is 11.5 Å². The minimum Gasteiger partial charge on any atom is -0.496 e. The van der Waals surface area contributed by atoms with Crippen LogP contribution in [0.1, 0.15) is 42.0 Å². The molecule has 0 saturated carbocycles. The Balaban J connectivity index is 1.37. The molecular formula is C27H33N3O4. The normalized spacial score (nSPS) is 23.5. The molecule has 1 N–H and O–H groups in total. The number of amides is 3. The first-order valence-electron chi connectivity index (χ1n) is 12.2. The standard InChI is InChI=1S/C27H33N3O4/c1-33-23-10-11-24(34-2)25-20(23)13-16-29-22(25)17-21-19(26(29)31)9-6-15-30(21)27(32)28-14-12-18-7-4-3-5-8-18/h3-5,7-8,10-11,19,21-22H,6,9,12-17H2,1-2H3,(H,28,32)/t19-,21-,22-/m0/s1. The minimum atomic E-state index is -0.136. The first-order chi connectivity index (χ1) is 16.6. The number of methoxy groups -OCH3 is 2. The van der Waals surface area contributed by atoms with Gasteiger partial charge in [-0.1, -0.05) is 30.3 Å². The maximum atomic E-state index is 13.6. The Morgan fingerprint density at radius 1 is 1.06 bits per heavy atom. The predicted molar refractivity (Wildman–Crippen MR) is 129 cm³/mol. The SMILES string of the molecule is COc1ccc(OC)c2c1CCN1C(=O)[C@H]3CCCN(C(=O)NCCc4ccccc4)[C@H]3C[C@@H]21. The summed E-state index contributed by atoms with van der Waals surface area (Å²) in [6, 6.07) is 13.7. The van der Waals surface area contributed by atoms with Gasteiger partial charge in [-0.2, -0.15) is 0 Å². The van der Waals surface area contributed by atoms with Crippen molar-refractivity contribution in [2.75, 3.05) is 33.9 Å². The first kappa shape index (κ1) is 22.6. The molecule has 2 aromatic carbocycles. The molecule has 0 spiro atoms. The number of hydrogen-bond donors (Lipinski definition) is 1. The van der Waals surface area contributed by atoms with E-state index in [1.165, 1.54) is 5.56 Å². The van der Waals surface area contributed by atoms with E-state index in [9.17, 15) is 9.59 Å². The summed E-state index contributed by atoms with van der Waals surface area (Å²) in [7, 11) is 3.35. The number of carbonyl (C=O) groups is 2. The van der Waals surface area contributed by atoms with Crippen molar-refractivity contribution in [1.29, 1.82) is 0 Å². The van der Waals surface area contributed by atoms with Gasteiger partial charge >= 0.3 is 6.03 Å². The Morgan fingerprint density at radius 3 is 2.59 bits per heavy atom. The molecule has 34 heavy (non-hydrogen) atoms. The largest absolute Gasteiger partial charge is 0.496 e. The summed E-state index contributed by atoms with van der Waals surface area (Å²) in [6.07, 6.45) is 3.94. The quantitative estimate of drug-likeness (QED) is 0.736. The molecule has 3 amide bonds. The fraction of sp³-hybridized carbons (Fsp3) is 0.481. The lowest BCUT2D eigenvalue weighted by atomic mass is 9.75. The Kier molecular flexibility index (Phi) is 6.35. The zero-order valence-electron chi connectivity index (χ0n) is 20.0. The molecule has 5 rings (SSSR count). The molecule has 3 aliphatic rings. The second kappa shape index (κ2) is 9.57. The number of likely N-dealkylation sites (tertiary alicyclic amines) is 1. The fourth-order valence-corrected chi connectivity index (χ4v) is 6.06. The number of nitrogens with zero attached hydrogens (tertiary/aromatic N) is 2. The number of rotatable bonds is 5. The van der Waals surface area contributed by atoms with Crippen molar-refractivity contribution in [3.63, 3.8) is 0 Å². The lowest BCUT2D eigenvalue weighted by Crippen LogP contribution is -2.61. The number of hydrogen-bond acceptors (Lipinski definition) is 4. The lowest BCUT2D eigenvalue weighted by molar-refractivity contribution is -0.148. The van der Waals surface area contributed by atoms with Gasteiger partial charge in [0.1, 0.15) is 11.5 Å². The highest BCUT2D eigenvalue weighted by Crippen LogP contribution is 2.48. The van der Waals surface area contributed by atoms with Crippen LogP contribution in [0.5, 0.6) is 11.5 Å². The van der Waals surface area contributed by atoms with Gasteiger partial charge in [0.15, 0.2) is 0 Å². The maximum Gasteiger partial charge on any atom is 0.317 e. The Bertz CT molecular complexity index is 1060. The molecule has 0 radical (unpaired) electrons. The highest BCUT2D eigenvalue weighted by atomic mass is 16.5. The number of piperidine rings is 2. The number of carbonyl (C=O) groups excluding carboxylic acids is 2. The van der Waals surface area contributed by atoms with Crippen LogP contribution in [0.3, 0.4) is 0 Å². The van der Waals surface area contributed by atoms with Gasteiger partial charge in [-0.25, -0.2) is 4.79 Å². The summed E-state index contributed by atoms with van der Waals surface area (Å²) in [5.74, 6) is 1.65. The second-order valence-electron chi connectivity index (χ2n) is 9.37. The molecule has 2 aromatic rings. The van der Waals surface area contributed by atoms with E-state index in [2.05, 4.69) is 17.4 Å². The van der Waals surface area contributed by atoms with Gasteiger partial charge in [0.05, 0.1) is 26.2 Å². The zero-order chi connectivity index (χ0) is 23.7. The number of fused-ring (bicyclic) bond motifs is 4. The third kappa shape index (κ3) is 3.97. The molecule has 3 heterocycles. The maximum absolute atomic E-state index is 13.6. The van der Waals surface area contributed by atoms with Gasteiger partial charge < -0.3 is 24.6 Å². The first-order valence-corrected chi connectivity index (χ1v) is 12.2. The molecule has 7 nitrogen and oxygen atoms in total. The second-order valence-corrected chi connectivity index (χ2v) is 9.37. The van der Waals surface area contributed by atoms with Gasteiger partial charge in [0.25, 0.3) is 0 Å². The van der Waals surface area contributed by atoms with Crippen molar-refractivity contribution < 1.29 is 19.1 Å².